The first-order chi connectivity index (χ1) is 7.04. The first-order valence-electron chi connectivity index (χ1n) is 6.38. The summed E-state index contributed by atoms with van der Waals surface area (Å²) in [4.78, 5) is 2.69. The Morgan fingerprint density at radius 1 is 1.20 bits per heavy atom. The number of hydrogen-bond acceptors (Lipinski definition) is 2. The van der Waals surface area contributed by atoms with Gasteiger partial charge in [0.25, 0.3) is 0 Å². The summed E-state index contributed by atoms with van der Waals surface area (Å²) in [6.07, 6.45) is 2.69. The molecule has 2 nitrogen and oxygen atoms in total. The fraction of sp³-hybridized carbons (Fsp3) is 1.00. The summed E-state index contributed by atoms with van der Waals surface area (Å²) in [7, 11) is 0. The maximum Gasteiger partial charge on any atom is 0.0545 e. The molecule has 0 aromatic heterocycles. The van der Waals surface area contributed by atoms with Crippen molar-refractivity contribution < 1.29 is 4.74 Å². The van der Waals surface area contributed by atoms with Crippen molar-refractivity contribution in [1.82, 2.24) is 4.90 Å². The predicted octanol–water partition coefficient (Wildman–Crippen LogP) is 2.53. The minimum Gasteiger partial charge on any atom is -0.380 e. The molecule has 0 aromatic rings. The SMILES string of the molecule is CC(C)C1CC2(CCN1C(C)C)COC2. The maximum absolute atomic E-state index is 5.42. The van der Waals surface area contributed by atoms with Gasteiger partial charge in [0.2, 0.25) is 0 Å². The van der Waals surface area contributed by atoms with Crippen LogP contribution >= 0.6 is 0 Å². The molecule has 88 valence electrons. The van der Waals surface area contributed by atoms with Crippen molar-refractivity contribution in [3.63, 3.8) is 0 Å². The van der Waals surface area contributed by atoms with Gasteiger partial charge in [-0.05, 0) is 39.2 Å². The van der Waals surface area contributed by atoms with Crippen molar-refractivity contribution in [1.29, 1.82) is 0 Å². The molecule has 1 unspecified atom stereocenters. The Bertz CT molecular complexity index is 221. The molecule has 2 heteroatoms. The van der Waals surface area contributed by atoms with Crippen LogP contribution in [0.3, 0.4) is 0 Å². The van der Waals surface area contributed by atoms with E-state index in [9.17, 15) is 0 Å². The second-order valence-corrected chi connectivity index (χ2v) is 6.09. The van der Waals surface area contributed by atoms with Crippen LogP contribution in [-0.2, 0) is 4.74 Å². The zero-order chi connectivity index (χ0) is 11.1. The molecule has 0 bridgehead atoms. The molecule has 1 spiro atoms. The minimum absolute atomic E-state index is 0.556. The van der Waals surface area contributed by atoms with Crippen LogP contribution in [0, 0.1) is 11.3 Å². The normalized spacial score (nSPS) is 31.2. The molecule has 0 radical (unpaired) electrons. The number of rotatable bonds is 2. The van der Waals surface area contributed by atoms with E-state index in [1.807, 2.05) is 0 Å². The lowest BCUT2D eigenvalue weighted by Crippen LogP contribution is -2.57. The zero-order valence-electron chi connectivity index (χ0n) is 10.6. The summed E-state index contributed by atoms with van der Waals surface area (Å²) in [6.45, 7) is 12.7. The molecule has 0 N–H and O–H groups in total. The first-order valence-corrected chi connectivity index (χ1v) is 6.38. The van der Waals surface area contributed by atoms with Crippen LogP contribution in [0.25, 0.3) is 0 Å². The molecule has 0 aliphatic carbocycles. The van der Waals surface area contributed by atoms with Crippen molar-refractivity contribution >= 4 is 0 Å². The number of piperidine rings is 1. The third-order valence-corrected chi connectivity index (χ3v) is 4.22. The lowest BCUT2D eigenvalue weighted by Gasteiger charge is -2.53. The van der Waals surface area contributed by atoms with Crippen LogP contribution in [0.5, 0.6) is 0 Å². The Morgan fingerprint density at radius 2 is 1.87 bits per heavy atom. The first kappa shape index (κ1) is 11.4. The van der Waals surface area contributed by atoms with Crippen LogP contribution in [0.4, 0.5) is 0 Å². The van der Waals surface area contributed by atoms with Gasteiger partial charge < -0.3 is 4.74 Å². The lowest BCUT2D eigenvalue weighted by atomic mass is 9.71. The molecule has 2 aliphatic heterocycles. The van der Waals surface area contributed by atoms with Crippen LogP contribution in [0.15, 0.2) is 0 Å². The summed E-state index contributed by atoms with van der Waals surface area (Å²) in [5.74, 6) is 0.769. The molecule has 0 saturated carbocycles. The summed E-state index contributed by atoms with van der Waals surface area (Å²) < 4.78 is 5.42. The van der Waals surface area contributed by atoms with Crippen molar-refractivity contribution in [2.75, 3.05) is 19.8 Å². The Labute approximate surface area is 94.0 Å². The fourth-order valence-corrected chi connectivity index (χ4v) is 3.11. The van der Waals surface area contributed by atoms with E-state index < -0.39 is 0 Å². The molecule has 2 heterocycles. The third-order valence-electron chi connectivity index (χ3n) is 4.22. The Balaban J connectivity index is 2.05. The zero-order valence-corrected chi connectivity index (χ0v) is 10.6. The lowest BCUT2D eigenvalue weighted by molar-refractivity contribution is -0.158. The molecule has 0 amide bonds. The molecule has 0 aromatic carbocycles. The molecule has 2 fully saturated rings. The van der Waals surface area contributed by atoms with E-state index in [1.54, 1.807) is 0 Å². The highest BCUT2D eigenvalue weighted by molar-refractivity contribution is 4.97. The third kappa shape index (κ3) is 2.07. The highest BCUT2D eigenvalue weighted by Crippen LogP contribution is 2.43. The van der Waals surface area contributed by atoms with E-state index in [0.29, 0.717) is 11.5 Å². The Hall–Kier alpha value is -0.0800. The van der Waals surface area contributed by atoms with Crippen LogP contribution in [-0.4, -0.2) is 36.7 Å². The van der Waals surface area contributed by atoms with E-state index in [-0.39, 0.29) is 0 Å². The summed E-state index contributed by atoms with van der Waals surface area (Å²) in [5, 5.41) is 0. The van der Waals surface area contributed by atoms with Gasteiger partial charge in [-0.1, -0.05) is 13.8 Å². The van der Waals surface area contributed by atoms with Crippen molar-refractivity contribution in [3.05, 3.63) is 0 Å². The number of nitrogens with zero attached hydrogens (tertiary/aromatic N) is 1. The van der Waals surface area contributed by atoms with Crippen molar-refractivity contribution in [2.24, 2.45) is 11.3 Å². The van der Waals surface area contributed by atoms with Crippen molar-refractivity contribution in [2.45, 2.75) is 52.6 Å². The van der Waals surface area contributed by atoms with Gasteiger partial charge in [-0.15, -0.1) is 0 Å². The van der Waals surface area contributed by atoms with Gasteiger partial charge in [-0.25, -0.2) is 0 Å². The Morgan fingerprint density at radius 3 is 2.27 bits per heavy atom. The average Bonchev–Trinajstić information content (AvgIpc) is 2.14. The average molecular weight is 211 g/mol. The number of hydrogen-bond donors (Lipinski definition) is 0. The molecule has 2 aliphatic rings. The summed E-state index contributed by atoms with van der Waals surface area (Å²) >= 11 is 0. The van der Waals surface area contributed by atoms with E-state index >= 15 is 0 Å². The monoisotopic (exact) mass is 211 g/mol. The fourth-order valence-electron chi connectivity index (χ4n) is 3.11. The van der Waals surface area contributed by atoms with E-state index in [1.165, 1.54) is 19.4 Å². The van der Waals surface area contributed by atoms with E-state index in [0.717, 1.165) is 25.2 Å². The molecule has 2 rings (SSSR count). The molecule has 1 atom stereocenters. The van der Waals surface area contributed by atoms with Crippen LogP contribution in [0.1, 0.15) is 40.5 Å². The molecule has 15 heavy (non-hydrogen) atoms. The van der Waals surface area contributed by atoms with Crippen LogP contribution < -0.4 is 0 Å². The summed E-state index contributed by atoms with van der Waals surface area (Å²) in [5.41, 5.74) is 0.556. The van der Waals surface area contributed by atoms with E-state index in [4.69, 9.17) is 4.74 Å². The van der Waals surface area contributed by atoms with Gasteiger partial charge in [0.05, 0.1) is 13.2 Å². The molecular formula is C13H25NO. The molecular weight excluding hydrogens is 186 g/mol. The topological polar surface area (TPSA) is 12.5 Å². The minimum atomic E-state index is 0.556. The van der Waals surface area contributed by atoms with E-state index in [2.05, 4.69) is 32.6 Å². The number of ether oxygens (including phenoxy) is 1. The van der Waals surface area contributed by atoms with Gasteiger partial charge in [-0.2, -0.15) is 0 Å². The van der Waals surface area contributed by atoms with Gasteiger partial charge in [-0.3, -0.25) is 4.90 Å². The second kappa shape index (κ2) is 4.06. The number of likely N-dealkylation sites (tertiary alicyclic amines) is 1. The largest absolute Gasteiger partial charge is 0.380 e. The van der Waals surface area contributed by atoms with Gasteiger partial charge in [0.1, 0.15) is 0 Å². The van der Waals surface area contributed by atoms with Crippen molar-refractivity contribution in [3.8, 4) is 0 Å². The highest BCUT2D eigenvalue weighted by atomic mass is 16.5. The van der Waals surface area contributed by atoms with Crippen LogP contribution in [0.2, 0.25) is 0 Å². The van der Waals surface area contributed by atoms with Gasteiger partial charge >= 0.3 is 0 Å². The maximum atomic E-state index is 5.42. The Kier molecular flexibility index (Phi) is 3.09. The quantitative estimate of drug-likeness (QED) is 0.696. The molecule has 2 saturated heterocycles. The standard InChI is InChI=1S/C13H25NO/c1-10(2)12-7-13(8-15-9-13)5-6-14(12)11(3)4/h10-12H,5-9H2,1-4H3. The predicted molar refractivity (Wildman–Crippen MR) is 63.0 cm³/mol. The van der Waals surface area contributed by atoms with Gasteiger partial charge in [0, 0.05) is 17.5 Å². The second-order valence-electron chi connectivity index (χ2n) is 6.09. The summed E-state index contributed by atoms with van der Waals surface area (Å²) in [6, 6.07) is 1.46. The highest BCUT2D eigenvalue weighted by Gasteiger charge is 2.46. The van der Waals surface area contributed by atoms with Gasteiger partial charge in [0.15, 0.2) is 0 Å². The smallest absolute Gasteiger partial charge is 0.0545 e.